The molecule has 1 aromatic carbocycles. The van der Waals surface area contributed by atoms with E-state index in [4.69, 9.17) is 0 Å². The number of hydrogen-bond acceptors (Lipinski definition) is 1. The fourth-order valence-electron chi connectivity index (χ4n) is 3.04. The smallest absolute Gasteiger partial charge is 0.230 e. The molecule has 0 spiro atoms. The Balaban J connectivity index is 2.20. The second-order valence-electron chi connectivity index (χ2n) is 5.13. The van der Waals surface area contributed by atoms with E-state index in [9.17, 15) is 4.79 Å². The van der Waals surface area contributed by atoms with Crippen LogP contribution in [0.5, 0.6) is 0 Å². The van der Waals surface area contributed by atoms with Crippen LogP contribution in [0.2, 0.25) is 0 Å². The van der Waals surface area contributed by atoms with E-state index in [1.54, 1.807) is 0 Å². The molecule has 2 heteroatoms. The first-order chi connectivity index (χ1) is 8.15. The maximum Gasteiger partial charge on any atom is 0.230 e. The minimum absolute atomic E-state index is 0.248. The first-order valence-corrected chi connectivity index (χ1v) is 6.16. The Kier molecular flexibility index (Phi) is 2.15. The molecule has 1 aliphatic heterocycles. The van der Waals surface area contributed by atoms with Crippen LogP contribution in [0.1, 0.15) is 29.0 Å². The number of nitrogens with zero attached hydrogens (tertiary/aromatic N) is 1. The van der Waals surface area contributed by atoms with Crippen LogP contribution >= 0.6 is 0 Å². The zero-order chi connectivity index (χ0) is 12.2. The van der Waals surface area contributed by atoms with Crippen molar-refractivity contribution < 1.29 is 4.79 Å². The second-order valence-corrected chi connectivity index (χ2v) is 5.13. The van der Waals surface area contributed by atoms with Crippen molar-refractivity contribution in [1.29, 1.82) is 0 Å². The highest BCUT2D eigenvalue weighted by Crippen LogP contribution is 2.56. The van der Waals surface area contributed by atoms with Gasteiger partial charge in [-0.05, 0) is 48.4 Å². The third-order valence-electron chi connectivity index (χ3n) is 4.09. The van der Waals surface area contributed by atoms with Gasteiger partial charge in [-0.15, -0.1) is 6.58 Å². The van der Waals surface area contributed by atoms with Gasteiger partial charge in [0.2, 0.25) is 5.91 Å². The Morgan fingerprint density at radius 2 is 2.24 bits per heavy atom. The molecule has 17 heavy (non-hydrogen) atoms. The van der Waals surface area contributed by atoms with Gasteiger partial charge < -0.3 is 4.90 Å². The molecular weight excluding hydrogens is 210 g/mol. The van der Waals surface area contributed by atoms with Gasteiger partial charge in [0, 0.05) is 18.7 Å². The van der Waals surface area contributed by atoms with E-state index < -0.39 is 0 Å². The minimum atomic E-state index is 0.248. The van der Waals surface area contributed by atoms with Gasteiger partial charge >= 0.3 is 0 Å². The van der Waals surface area contributed by atoms with Gasteiger partial charge in [0.15, 0.2) is 0 Å². The molecule has 0 radical (unpaired) electrons. The standard InChI is InChI=1S/C15H17NO/c1-4-5-10-9(2)6-7-13-14(10)11-8-12(11)15(17)16(13)3/h4,6-7,11-12H,1,5,8H2,2-3H3. The van der Waals surface area contributed by atoms with Gasteiger partial charge in [-0.2, -0.15) is 0 Å². The average Bonchev–Trinajstić information content (AvgIpc) is 3.09. The van der Waals surface area contributed by atoms with Gasteiger partial charge in [-0.25, -0.2) is 0 Å². The van der Waals surface area contributed by atoms with E-state index in [-0.39, 0.29) is 11.8 Å². The van der Waals surface area contributed by atoms with Gasteiger partial charge in [-0.3, -0.25) is 4.79 Å². The van der Waals surface area contributed by atoms with Gasteiger partial charge in [0.05, 0.1) is 0 Å². The summed E-state index contributed by atoms with van der Waals surface area (Å²) < 4.78 is 0. The predicted molar refractivity (Wildman–Crippen MR) is 69.3 cm³/mol. The number of amides is 1. The number of aryl methyl sites for hydroxylation is 1. The van der Waals surface area contributed by atoms with Crippen molar-refractivity contribution in [2.24, 2.45) is 5.92 Å². The van der Waals surface area contributed by atoms with Crippen molar-refractivity contribution in [3.63, 3.8) is 0 Å². The van der Waals surface area contributed by atoms with Crippen molar-refractivity contribution in [1.82, 2.24) is 0 Å². The lowest BCUT2D eigenvalue weighted by Gasteiger charge is -2.28. The summed E-state index contributed by atoms with van der Waals surface area (Å²) >= 11 is 0. The fourth-order valence-corrected chi connectivity index (χ4v) is 3.04. The molecule has 1 heterocycles. The number of carbonyl (C=O) groups is 1. The van der Waals surface area contributed by atoms with E-state index in [2.05, 4.69) is 25.6 Å². The maximum atomic E-state index is 12.0. The van der Waals surface area contributed by atoms with E-state index in [1.165, 1.54) is 16.7 Å². The SMILES string of the molecule is C=CCc1c(C)ccc2c1C1CC1C(=O)N2C. The third-order valence-corrected chi connectivity index (χ3v) is 4.09. The molecule has 1 aromatic rings. The maximum absolute atomic E-state index is 12.0. The highest BCUT2D eigenvalue weighted by Gasteiger charge is 2.51. The van der Waals surface area contributed by atoms with Crippen LogP contribution in [0.25, 0.3) is 0 Å². The summed E-state index contributed by atoms with van der Waals surface area (Å²) in [7, 11) is 1.89. The topological polar surface area (TPSA) is 20.3 Å². The molecule has 1 fully saturated rings. The van der Waals surface area contributed by atoms with E-state index >= 15 is 0 Å². The largest absolute Gasteiger partial charge is 0.315 e. The fraction of sp³-hybridized carbons (Fsp3) is 0.400. The highest BCUT2D eigenvalue weighted by atomic mass is 16.2. The summed E-state index contributed by atoms with van der Waals surface area (Å²) in [4.78, 5) is 13.8. The van der Waals surface area contributed by atoms with Crippen LogP contribution in [0.4, 0.5) is 5.69 Å². The molecule has 2 aliphatic rings. The summed E-state index contributed by atoms with van der Waals surface area (Å²) in [5.74, 6) is 1.01. The molecule has 1 amide bonds. The van der Waals surface area contributed by atoms with Crippen LogP contribution < -0.4 is 4.90 Å². The number of allylic oxidation sites excluding steroid dienone is 1. The molecule has 0 saturated heterocycles. The third kappa shape index (κ3) is 1.36. The Morgan fingerprint density at radius 1 is 1.47 bits per heavy atom. The van der Waals surface area contributed by atoms with Crippen molar-refractivity contribution >= 4 is 11.6 Å². The lowest BCUT2D eigenvalue weighted by molar-refractivity contribution is -0.119. The molecule has 0 bridgehead atoms. The number of hydrogen-bond donors (Lipinski definition) is 0. The number of rotatable bonds is 2. The normalized spacial score (nSPS) is 25.3. The van der Waals surface area contributed by atoms with E-state index in [0.29, 0.717) is 5.92 Å². The second kappa shape index (κ2) is 3.46. The average molecular weight is 227 g/mol. The lowest BCUT2D eigenvalue weighted by Crippen LogP contribution is -2.32. The predicted octanol–water partition coefficient (Wildman–Crippen LogP) is 2.80. The zero-order valence-corrected chi connectivity index (χ0v) is 10.4. The van der Waals surface area contributed by atoms with Crippen LogP contribution in [0.15, 0.2) is 24.8 Å². The number of anilines is 1. The Morgan fingerprint density at radius 3 is 2.94 bits per heavy atom. The molecule has 1 saturated carbocycles. The Bertz CT molecular complexity index is 518. The number of fused-ring (bicyclic) bond motifs is 3. The molecule has 0 aromatic heterocycles. The molecule has 88 valence electrons. The molecule has 0 N–H and O–H groups in total. The van der Waals surface area contributed by atoms with Crippen molar-refractivity contribution in [2.75, 3.05) is 11.9 Å². The summed E-state index contributed by atoms with van der Waals surface area (Å²) in [6, 6.07) is 4.20. The zero-order valence-electron chi connectivity index (χ0n) is 10.4. The van der Waals surface area contributed by atoms with Crippen molar-refractivity contribution in [3.8, 4) is 0 Å². The van der Waals surface area contributed by atoms with Crippen LogP contribution in [-0.4, -0.2) is 13.0 Å². The highest BCUT2D eigenvalue weighted by molar-refractivity contribution is 6.01. The van der Waals surface area contributed by atoms with Gasteiger partial charge in [0.25, 0.3) is 0 Å². The molecule has 1 aliphatic carbocycles. The van der Waals surface area contributed by atoms with Gasteiger partial charge in [0.1, 0.15) is 0 Å². The van der Waals surface area contributed by atoms with Crippen LogP contribution in [0.3, 0.4) is 0 Å². The summed E-state index contributed by atoms with van der Waals surface area (Å²) in [5.41, 5.74) is 5.20. The molecule has 2 nitrogen and oxygen atoms in total. The van der Waals surface area contributed by atoms with Gasteiger partial charge in [-0.1, -0.05) is 12.1 Å². The summed E-state index contributed by atoms with van der Waals surface area (Å²) in [6.45, 7) is 5.98. The minimum Gasteiger partial charge on any atom is -0.315 e. The molecule has 2 unspecified atom stereocenters. The van der Waals surface area contributed by atoms with Crippen LogP contribution in [-0.2, 0) is 11.2 Å². The molecular formula is C15H17NO. The summed E-state index contributed by atoms with van der Waals surface area (Å²) in [5, 5.41) is 0. The number of carbonyl (C=O) groups excluding carboxylic acids is 1. The van der Waals surface area contributed by atoms with Crippen molar-refractivity contribution in [2.45, 2.75) is 25.7 Å². The van der Waals surface area contributed by atoms with Crippen LogP contribution in [0, 0.1) is 12.8 Å². The molecule has 2 atom stereocenters. The lowest BCUT2D eigenvalue weighted by atomic mass is 9.91. The van der Waals surface area contributed by atoms with E-state index in [0.717, 1.165) is 18.5 Å². The first kappa shape index (κ1) is 10.6. The Labute approximate surface area is 102 Å². The first-order valence-electron chi connectivity index (χ1n) is 6.16. The monoisotopic (exact) mass is 227 g/mol. The quantitative estimate of drug-likeness (QED) is 0.711. The van der Waals surface area contributed by atoms with Crippen molar-refractivity contribution in [3.05, 3.63) is 41.5 Å². The number of benzene rings is 1. The van der Waals surface area contributed by atoms with E-state index in [1.807, 2.05) is 18.0 Å². The molecule has 3 rings (SSSR count). The summed E-state index contributed by atoms with van der Waals surface area (Å²) in [6.07, 6.45) is 3.89. The Hall–Kier alpha value is -1.57.